The van der Waals surface area contributed by atoms with Crippen LogP contribution in [0.1, 0.15) is 41.2 Å². The number of amides is 1. The number of anilines is 1. The Labute approximate surface area is 170 Å². The van der Waals surface area contributed by atoms with Gasteiger partial charge in [-0.3, -0.25) is 4.79 Å². The average Bonchev–Trinajstić information content (AvgIpc) is 3.15. The molecule has 29 heavy (non-hydrogen) atoms. The molecule has 1 aliphatic heterocycles. The predicted molar refractivity (Wildman–Crippen MR) is 109 cm³/mol. The zero-order chi connectivity index (χ0) is 21.3. The summed E-state index contributed by atoms with van der Waals surface area (Å²) >= 11 is 0. The number of aryl methyl sites for hydroxylation is 2. The highest BCUT2D eigenvalue weighted by Gasteiger charge is 2.33. The summed E-state index contributed by atoms with van der Waals surface area (Å²) in [6.45, 7) is 6.45. The molecule has 0 bridgehead atoms. The number of nitrogens with zero attached hydrogens (tertiary/aromatic N) is 1. The molecule has 1 amide bonds. The number of carbonyl (C=O) groups excluding carboxylic acids is 2. The van der Waals surface area contributed by atoms with Gasteiger partial charge in [-0.1, -0.05) is 18.2 Å². The van der Waals surface area contributed by atoms with Gasteiger partial charge in [-0.05, 0) is 45.7 Å². The van der Waals surface area contributed by atoms with E-state index in [9.17, 15) is 18.0 Å². The number of para-hydroxylation sites is 1. The van der Waals surface area contributed by atoms with E-state index >= 15 is 0 Å². The number of aromatic nitrogens is 1. The number of sulfonamides is 1. The van der Waals surface area contributed by atoms with E-state index in [2.05, 4.69) is 9.71 Å². The number of H-pyrrole nitrogens is 1. The summed E-state index contributed by atoms with van der Waals surface area (Å²) in [6, 6.07) is 7.51. The molecule has 3 rings (SSSR count). The molecule has 9 heteroatoms. The second-order valence-corrected chi connectivity index (χ2v) is 8.77. The first kappa shape index (κ1) is 21.1. The topological polar surface area (TPSA) is 109 Å². The molecule has 2 N–H and O–H groups in total. The number of carbonyl (C=O) groups is 2. The zero-order valence-electron chi connectivity index (χ0n) is 16.9. The number of nitrogens with one attached hydrogen (secondary N) is 2. The van der Waals surface area contributed by atoms with Gasteiger partial charge in [0.2, 0.25) is 15.9 Å². The maximum atomic E-state index is 12.9. The van der Waals surface area contributed by atoms with Crippen LogP contribution in [0.15, 0.2) is 29.2 Å². The Bertz CT molecular complexity index is 1060. The van der Waals surface area contributed by atoms with Gasteiger partial charge in [-0.2, -0.15) is 0 Å². The Hall–Kier alpha value is -2.65. The molecular weight excluding hydrogens is 394 g/mol. The lowest BCUT2D eigenvalue weighted by molar-refractivity contribution is -0.117. The number of ether oxygens (including phenoxy) is 1. The first-order valence-electron chi connectivity index (χ1n) is 9.43. The second kappa shape index (κ2) is 8.00. The van der Waals surface area contributed by atoms with Crippen LogP contribution in [0.2, 0.25) is 0 Å². The standard InChI is InChI=1S/C20H25N3O5S/c1-5-28-20(25)18-13(3)22-14(4)19(18)29(26,27)21-11-17(24)23-12(2)10-15-8-6-7-9-16(15)23/h6-9,12,21-22H,5,10-11H2,1-4H3/t12-/m0/s1. The Morgan fingerprint density at radius 2 is 1.93 bits per heavy atom. The smallest absolute Gasteiger partial charge is 0.341 e. The molecule has 2 heterocycles. The van der Waals surface area contributed by atoms with E-state index in [1.807, 2.05) is 31.2 Å². The molecule has 1 aromatic heterocycles. The van der Waals surface area contributed by atoms with E-state index in [-0.39, 0.29) is 29.0 Å². The highest BCUT2D eigenvalue weighted by molar-refractivity contribution is 7.89. The highest BCUT2D eigenvalue weighted by Crippen LogP contribution is 2.32. The Balaban J connectivity index is 1.83. The normalized spacial score (nSPS) is 16.0. The van der Waals surface area contributed by atoms with Gasteiger partial charge >= 0.3 is 5.97 Å². The van der Waals surface area contributed by atoms with E-state index in [1.165, 1.54) is 0 Å². The van der Waals surface area contributed by atoms with E-state index in [4.69, 9.17) is 4.74 Å². The van der Waals surface area contributed by atoms with Crippen molar-refractivity contribution in [3.05, 3.63) is 46.8 Å². The molecule has 8 nitrogen and oxygen atoms in total. The molecule has 0 fully saturated rings. The van der Waals surface area contributed by atoms with Crippen molar-refractivity contribution in [1.82, 2.24) is 9.71 Å². The quantitative estimate of drug-likeness (QED) is 0.697. The summed E-state index contributed by atoms with van der Waals surface area (Å²) in [5.41, 5.74) is 2.52. The molecule has 0 saturated carbocycles. The Morgan fingerprint density at radius 3 is 2.62 bits per heavy atom. The molecule has 156 valence electrons. The van der Waals surface area contributed by atoms with Gasteiger partial charge in [0, 0.05) is 23.1 Å². The fourth-order valence-electron chi connectivity index (χ4n) is 3.80. The molecule has 1 aromatic carbocycles. The van der Waals surface area contributed by atoms with Gasteiger partial charge < -0.3 is 14.6 Å². The van der Waals surface area contributed by atoms with Crippen LogP contribution in [0, 0.1) is 13.8 Å². The van der Waals surface area contributed by atoms with Gasteiger partial charge in [-0.25, -0.2) is 17.9 Å². The summed E-state index contributed by atoms with van der Waals surface area (Å²) < 4.78 is 33.2. The van der Waals surface area contributed by atoms with Gasteiger partial charge in [0.15, 0.2) is 0 Å². The number of aromatic amines is 1. The predicted octanol–water partition coefficient (Wildman–Crippen LogP) is 2.06. The maximum Gasteiger partial charge on any atom is 0.341 e. The van der Waals surface area contributed by atoms with Crippen LogP contribution in [-0.2, 0) is 26.0 Å². The summed E-state index contributed by atoms with van der Waals surface area (Å²) in [5.74, 6) is -1.07. The zero-order valence-corrected chi connectivity index (χ0v) is 17.7. The minimum atomic E-state index is -4.11. The SMILES string of the molecule is CCOC(=O)c1c(C)[nH]c(C)c1S(=O)(=O)NCC(=O)N1c2ccccc2C[C@@H]1C. The van der Waals surface area contributed by atoms with Crippen LogP contribution < -0.4 is 9.62 Å². The second-order valence-electron chi connectivity index (χ2n) is 7.07. The van der Waals surface area contributed by atoms with E-state index < -0.39 is 22.5 Å². The molecule has 0 aliphatic carbocycles. The van der Waals surface area contributed by atoms with E-state index in [0.29, 0.717) is 11.4 Å². The van der Waals surface area contributed by atoms with Crippen LogP contribution in [0.3, 0.4) is 0 Å². The third-order valence-corrected chi connectivity index (χ3v) is 6.53. The van der Waals surface area contributed by atoms with Crippen LogP contribution in [-0.4, -0.2) is 44.5 Å². The lowest BCUT2D eigenvalue weighted by Gasteiger charge is -2.23. The van der Waals surface area contributed by atoms with Crippen molar-refractivity contribution in [3.8, 4) is 0 Å². The number of fused-ring (bicyclic) bond motifs is 1. The van der Waals surface area contributed by atoms with Crippen molar-refractivity contribution >= 4 is 27.6 Å². The van der Waals surface area contributed by atoms with Gasteiger partial charge in [0.05, 0.1) is 13.2 Å². The minimum absolute atomic E-state index is 0.0378. The van der Waals surface area contributed by atoms with Crippen molar-refractivity contribution < 1.29 is 22.7 Å². The van der Waals surface area contributed by atoms with Crippen LogP contribution >= 0.6 is 0 Å². The summed E-state index contributed by atoms with van der Waals surface area (Å²) in [7, 11) is -4.11. The number of hydrogen-bond donors (Lipinski definition) is 2. The van der Waals surface area contributed by atoms with Crippen LogP contribution in [0.5, 0.6) is 0 Å². The molecule has 2 aromatic rings. The van der Waals surface area contributed by atoms with Crippen molar-refractivity contribution in [3.63, 3.8) is 0 Å². The monoisotopic (exact) mass is 419 g/mol. The Kier molecular flexibility index (Phi) is 5.81. The fraction of sp³-hybridized carbons (Fsp3) is 0.400. The number of rotatable bonds is 6. The lowest BCUT2D eigenvalue weighted by atomic mass is 10.1. The first-order valence-corrected chi connectivity index (χ1v) is 10.9. The third-order valence-electron chi connectivity index (χ3n) is 4.96. The van der Waals surface area contributed by atoms with Crippen molar-refractivity contribution in [2.45, 2.75) is 45.1 Å². The van der Waals surface area contributed by atoms with Gasteiger partial charge in [0.1, 0.15) is 10.5 Å². The van der Waals surface area contributed by atoms with E-state index in [1.54, 1.807) is 25.7 Å². The fourth-order valence-corrected chi connectivity index (χ4v) is 5.22. The first-order chi connectivity index (χ1) is 13.7. The third kappa shape index (κ3) is 3.92. The van der Waals surface area contributed by atoms with Crippen molar-refractivity contribution in [1.29, 1.82) is 0 Å². The molecule has 0 spiro atoms. The van der Waals surface area contributed by atoms with Gasteiger partial charge in [0.25, 0.3) is 0 Å². The number of esters is 1. The lowest BCUT2D eigenvalue weighted by Crippen LogP contribution is -2.43. The Morgan fingerprint density at radius 1 is 1.24 bits per heavy atom. The average molecular weight is 420 g/mol. The largest absolute Gasteiger partial charge is 0.462 e. The van der Waals surface area contributed by atoms with Crippen LogP contribution in [0.4, 0.5) is 5.69 Å². The molecule has 1 aliphatic rings. The molecule has 0 saturated heterocycles. The van der Waals surface area contributed by atoms with Gasteiger partial charge in [-0.15, -0.1) is 0 Å². The summed E-state index contributed by atoms with van der Waals surface area (Å²) in [6.07, 6.45) is 0.720. The van der Waals surface area contributed by atoms with Crippen molar-refractivity contribution in [2.75, 3.05) is 18.1 Å². The maximum absolute atomic E-state index is 12.9. The summed E-state index contributed by atoms with van der Waals surface area (Å²) in [5, 5.41) is 0. The molecular formula is C20H25N3O5S. The van der Waals surface area contributed by atoms with Crippen LogP contribution in [0.25, 0.3) is 0 Å². The summed E-state index contributed by atoms with van der Waals surface area (Å²) in [4.78, 5) is 29.4. The minimum Gasteiger partial charge on any atom is -0.462 e. The number of hydrogen-bond acceptors (Lipinski definition) is 5. The highest BCUT2D eigenvalue weighted by atomic mass is 32.2. The molecule has 1 atom stereocenters. The van der Waals surface area contributed by atoms with E-state index in [0.717, 1.165) is 17.7 Å². The van der Waals surface area contributed by atoms with Crippen molar-refractivity contribution in [2.24, 2.45) is 0 Å². The number of benzene rings is 1. The molecule has 0 radical (unpaired) electrons. The molecule has 0 unspecified atom stereocenters.